The molecule has 25 heavy (non-hydrogen) atoms. The second-order valence-corrected chi connectivity index (χ2v) is 5.46. The average Bonchev–Trinajstić information content (AvgIpc) is 2.94. The Morgan fingerprint density at radius 3 is 2.84 bits per heavy atom. The van der Waals surface area contributed by atoms with Crippen molar-refractivity contribution in [3.63, 3.8) is 0 Å². The molecule has 0 spiro atoms. The van der Waals surface area contributed by atoms with E-state index in [0.29, 0.717) is 43.1 Å². The monoisotopic (exact) mass is 344 g/mol. The van der Waals surface area contributed by atoms with Crippen molar-refractivity contribution in [2.45, 2.75) is 33.3 Å². The molecule has 0 saturated heterocycles. The first-order valence-electron chi connectivity index (χ1n) is 7.83. The molecule has 0 atom stereocenters. The van der Waals surface area contributed by atoms with E-state index >= 15 is 0 Å². The molecule has 0 unspecified atom stereocenters. The summed E-state index contributed by atoms with van der Waals surface area (Å²) in [4.78, 5) is 14.5. The lowest BCUT2D eigenvalue weighted by Crippen LogP contribution is -2.05. The maximum atomic E-state index is 11.7. The van der Waals surface area contributed by atoms with Gasteiger partial charge in [0.1, 0.15) is 18.1 Å². The number of hydrogen-bond acceptors (Lipinski definition) is 6. The minimum absolute atomic E-state index is 0.322. The van der Waals surface area contributed by atoms with Crippen LogP contribution in [0.4, 0.5) is 0 Å². The van der Waals surface area contributed by atoms with Crippen LogP contribution in [0.25, 0.3) is 10.4 Å². The van der Waals surface area contributed by atoms with Crippen LogP contribution >= 0.6 is 0 Å². The van der Waals surface area contributed by atoms with E-state index in [2.05, 4.69) is 15.2 Å². The lowest BCUT2D eigenvalue weighted by Gasteiger charge is -2.12. The fourth-order valence-electron chi connectivity index (χ4n) is 2.40. The molecular formula is C17H20N4O4. The second kappa shape index (κ2) is 8.75. The highest BCUT2D eigenvalue weighted by Gasteiger charge is 2.13. The van der Waals surface area contributed by atoms with Crippen LogP contribution < -0.4 is 4.74 Å². The van der Waals surface area contributed by atoms with Crippen LogP contribution in [0.5, 0.6) is 5.75 Å². The number of carbonyl (C=O) groups is 1. The zero-order valence-corrected chi connectivity index (χ0v) is 14.5. The number of hydrogen-bond donors (Lipinski definition) is 0. The number of methoxy groups -OCH3 is 1. The summed E-state index contributed by atoms with van der Waals surface area (Å²) in [5.41, 5.74) is 11.4. The molecule has 0 saturated carbocycles. The highest BCUT2D eigenvalue weighted by molar-refractivity contribution is 5.89. The topological polar surface area (TPSA) is 110 Å². The Kier molecular flexibility index (Phi) is 6.42. The number of aromatic nitrogens is 1. The van der Waals surface area contributed by atoms with Gasteiger partial charge < -0.3 is 14.0 Å². The van der Waals surface area contributed by atoms with E-state index in [1.54, 1.807) is 18.2 Å². The lowest BCUT2D eigenvalue weighted by molar-refractivity contribution is 0.0600. The van der Waals surface area contributed by atoms with Gasteiger partial charge in [0, 0.05) is 11.5 Å². The molecule has 8 nitrogen and oxygen atoms in total. The molecule has 0 aliphatic carbocycles. The van der Waals surface area contributed by atoms with Crippen molar-refractivity contribution >= 4 is 5.97 Å². The minimum atomic E-state index is -0.409. The van der Waals surface area contributed by atoms with Gasteiger partial charge in [-0.05, 0) is 56.0 Å². The molecule has 1 aromatic carbocycles. The number of aryl methyl sites for hydroxylation is 3. The van der Waals surface area contributed by atoms with Gasteiger partial charge in [0.15, 0.2) is 0 Å². The van der Waals surface area contributed by atoms with Crippen LogP contribution in [-0.2, 0) is 17.8 Å². The molecule has 0 aliphatic rings. The Labute approximate surface area is 145 Å². The first kappa shape index (κ1) is 18.4. The molecule has 1 heterocycles. The molecule has 0 bridgehead atoms. The third-order valence-corrected chi connectivity index (χ3v) is 3.80. The molecule has 8 heteroatoms. The Balaban J connectivity index is 2.19. The number of carbonyl (C=O) groups excluding carboxylic acids is 1. The summed E-state index contributed by atoms with van der Waals surface area (Å²) in [6, 6.07) is 5.14. The van der Waals surface area contributed by atoms with E-state index in [1.165, 1.54) is 7.11 Å². The molecule has 0 amide bonds. The third kappa shape index (κ3) is 4.74. The van der Waals surface area contributed by atoms with Crippen molar-refractivity contribution in [2.24, 2.45) is 5.11 Å². The minimum Gasteiger partial charge on any atom is -0.488 e. The Bertz CT molecular complexity index is 774. The van der Waals surface area contributed by atoms with E-state index in [0.717, 1.165) is 16.8 Å². The molecule has 0 N–H and O–H groups in total. The van der Waals surface area contributed by atoms with Crippen LogP contribution in [0.1, 0.15) is 39.4 Å². The molecule has 2 rings (SSSR count). The number of rotatable bonds is 8. The first-order chi connectivity index (χ1) is 12.1. The zero-order chi connectivity index (χ0) is 18.2. The van der Waals surface area contributed by atoms with E-state index < -0.39 is 5.97 Å². The first-order valence-corrected chi connectivity index (χ1v) is 7.83. The van der Waals surface area contributed by atoms with Crippen LogP contribution in [0.15, 0.2) is 27.8 Å². The Morgan fingerprint density at radius 2 is 2.20 bits per heavy atom. The van der Waals surface area contributed by atoms with Gasteiger partial charge >= 0.3 is 5.97 Å². The molecule has 132 valence electrons. The lowest BCUT2D eigenvalue weighted by atomic mass is 10.0. The molecule has 2 aromatic rings. The molecule has 0 aliphatic heterocycles. The van der Waals surface area contributed by atoms with Crippen molar-refractivity contribution in [1.82, 2.24) is 5.16 Å². The van der Waals surface area contributed by atoms with Gasteiger partial charge in [-0.15, -0.1) is 0 Å². The summed E-state index contributed by atoms with van der Waals surface area (Å²) in [7, 11) is 1.34. The summed E-state index contributed by atoms with van der Waals surface area (Å²) < 4.78 is 15.8. The van der Waals surface area contributed by atoms with Crippen LogP contribution in [-0.4, -0.2) is 24.8 Å². The third-order valence-electron chi connectivity index (χ3n) is 3.80. The maximum absolute atomic E-state index is 11.7. The van der Waals surface area contributed by atoms with Crippen molar-refractivity contribution in [3.05, 3.63) is 56.8 Å². The SMILES string of the molecule is COC(=O)c1ccc(OCc2c(C)noc2C)c(CCCN=[N+]=[N-])c1. The van der Waals surface area contributed by atoms with Crippen LogP contribution in [0.3, 0.4) is 0 Å². The summed E-state index contributed by atoms with van der Waals surface area (Å²) in [5, 5.41) is 7.43. The number of ether oxygens (including phenoxy) is 2. The number of benzene rings is 1. The van der Waals surface area contributed by atoms with E-state index in [9.17, 15) is 4.79 Å². The van der Waals surface area contributed by atoms with Gasteiger partial charge in [0.05, 0.1) is 23.9 Å². The van der Waals surface area contributed by atoms with E-state index in [4.69, 9.17) is 19.5 Å². The fourth-order valence-corrected chi connectivity index (χ4v) is 2.40. The van der Waals surface area contributed by atoms with Crippen molar-refractivity contribution in [3.8, 4) is 5.75 Å². The molecule has 1 aromatic heterocycles. The van der Waals surface area contributed by atoms with Crippen LogP contribution in [0, 0.1) is 13.8 Å². The summed E-state index contributed by atoms with van der Waals surface area (Å²) >= 11 is 0. The van der Waals surface area contributed by atoms with E-state index in [1.807, 2.05) is 13.8 Å². The smallest absolute Gasteiger partial charge is 0.337 e. The van der Waals surface area contributed by atoms with Crippen LogP contribution in [0.2, 0.25) is 0 Å². The van der Waals surface area contributed by atoms with Crippen molar-refractivity contribution in [2.75, 3.05) is 13.7 Å². The standard InChI is InChI=1S/C17H20N4O4/c1-11-15(12(2)25-20-11)10-24-16-7-6-14(17(22)23-3)9-13(16)5-4-8-19-21-18/h6-7,9H,4-5,8,10H2,1-3H3. The molecule has 0 radical (unpaired) electrons. The number of nitrogens with zero attached hydrogens (tertiary/aromatic N) is 4. The summed E-state index contributed by atoms with van der Waals surface area (Å²) in [5.74, 6) is 0.968. The predicted molar refractivity (Wildman–Crippen MR) is 90.4 cm³/mol. The quantitative estimate of drug-likeness (QED) is 0.237. The molecular weight excluding hydrogens is 324 g/mol. The predicted octanol–water partition coefficient (Wildman–Crippen LogP) is 3.90. The van der Waals surface area contributed by atoms with Gasteiger partial charge in [-0.1, -0.05) is 10.3 Å². The second-order valence-electron chi connectivity index (χ2n) is 5.46. The van der Waals surface area contributed by atoms with Gasteiger partial charge in [-0.25, -0.2) is 4.79 Å². The van der Waals surface area contributed by atoms with Gasteiger partial charge in [0.25, 0.3) is 0 Å². The fraction of sp³-hybridized carbons (Fsp3) is 0.412. The summed E-state index contributed by atoms with van der Waals surface area (Å²) in [6.07, 6.45) is 1.26. The van der Waals surface area contributed by atoms with Gasteiger partial charge in [-0.3, -0.25) is 0 Å². The Morgan fingerprint density at radius 1 is 1.40 bits per heavy atom. The van der Waals surface area contributed by atoms with Crippen molar-refractivity contribution < 1.29 is 18.8 Å². The van der Waals surface area contributed by atoms with Crippen molar-refractivity contribution in [1.29, 1.82) is 0 Å². The number of azide groups is 1. The normalized spacial score (nSPS) is 10.2. The summed E-state index contributed by atoms with van der Waals surface area (Å²) in [6.45, 7) is 4.39. The Hall–Kier alpha value is -2.99. The van der Waals surface area contributed by atoms with E-state index in [-0.39, 0.29) is 0 Å². The maximum Gasteiger partial charge on any atom is 0.337 e. The average molecular weight is 344 g/mol. The highest BCUT2D eigenvalue weighted by Crippen LogP contribution is 2.24. The number of esters is 1. The molecule has 0 fully saturated rings. The van der Waals surface area contributed by atoms with Gasteiger partial charge in [-0.2, -0.15) is 0 Å². The highest BCUT2D eigenvalue weighted by atomic mass is 16.5. The zero-order valence-electron chi connectivity index (χ0n) is 14.5. The largest absolute Gasteiger partial charge is 0.488 e. The van der Waals surface area contributed by atoms with Gasteiger partial charge in [0.2, 0.25) is 0 Å².